The van der Waals surface area contributed by atoms with E-state index < -0.39 is 6.10 Å². The largest absolute Gasteiger partial charge is 0.494 e. The van der Waals surface area contributed by atoms with Gasteiger partial charge in [0.05, 0.1) is 12.7 Å². The molecule has 1 rings (SSSR count). The number of aliphatic hydroxyl groups excluding tert-OH is 1. The van der Waals surface area contributed by atoms with Gasteiger partial charge in [-0.15, -0.1) is 0 Å². The lowest BCUT2D eigenvalue weighted by molar-refractivity contribution is 0.126. The highest BCUT2D eigenvalue weighted by molar-refractivity contribution is 5.29. The Balaban J connectivity index is 2.58. The zero-order valence-corrected chi connectivity index (χ0v) is 11.6. The van der Waals surface area contributed by atoms with Crippen LogP contribution in [0.3, 0.4) is 0 Å². The fourth-order valence-corrected chi connectivity index (χ4v) is 2.00. The monoisotopic (exact) mass is 251 g/mol. The maximum Gasteiger partial charge on any atom is 0.119 e. The van der Waals surface area contributed by atoms with E-state index in [2.05, 4.69) is 19.1 Å². The Kier molecular flexibility index (Phi) is 6.16. The highest BCUT2D eigenvalue weighted by Gasteiger charge is 2.17. The Morgan fingerprint density at radius 2 is 1.83 bits per heavy atom. The summed E-state index contributed by atoms with van der Waals surface area (Å²) >= 11 is 0. The van der Waals surface area contributed by atoms with Gasteiger partial charge in [0.1, 0.15) is 5.75 Å². The van der Waals surface area contributed by atoms with Crippen LogP contribution in [-0.2, 0) is 0 Å². The molecule has 3 nitrogen and oxygen atoms in total. The molecule has 0 amide bonds. The minimum atomic E-state index is -0.434. The summed E-state index contributed by atoms with van der Waals surface area (Å²) in [5.74, 6) is 1.19. The van der Waals surface area contributed by atoms with Gasteiger partial charge in [-0.1, -0.05) is 26.0 Å². The van der Waals surface area contributed by atoms with Crippen LogP contribution in [0, 0.1) is 0 Å². The molecule has 0 fully saturated rings. The van der Waals surface area contributed by atoms with Gasteiger partial charge in [-0.3, -0.25) is 0 Å². The SMILES string of the molecule is CCOc1ccc(C(C)CC(O)C(N)CC)cc1. The molecule has 0 heterocycles. The zero-order valence-electron chi connectivity index (χ0n) is 11.6. The maximum absolute atomic E-state index is 9.94. The van der Waals surface area contributed by atoms with E-state index in [1.54, 1.807) is 0 Å². The first-order valence-corrected chi connectivity index (χ1v) is 6.74. The average Bonchev–Trinajstić information content (AvgIpc) is 2.38. The van der Waals surface area contributed by atoms with Gasteiger partial charge in [0, 0.05) is 6.04 Å². The van der Waals surface area contributed by atoms with E-state index in [-0.39, 0.29) is 6.04 Å². The molecule has 0 saturated carbocycles. The third-order valence-electron chi connectivity index (χ3n) is 3.32. The number of hydrogen-bond acceptors (Lipinski definition) is 3. The maximum atomic E-state index is 9.94. The number of hydrogen-bond donors (Lipinski definition) is 2. The van der Waals surface area contributed by atoms with Crippen molar-refractivity contribution in [3.8, 4) is 5.75 Å². The molecule has 3 unspecified atom stereocenters. The molecule has 0 aliphatic carbocycles. The van der Waals surface area contributed by atoms with Crippen molar-refractivity contribution < 1.29 is 9.84 Å². The average molecular weight is 251 g/mol. The van der Waals surface area contributed by atoms with E-state index in [9.17, 15) is 5.11 Å². The number of benzene rings is 1. The van der Waals surface area contributed by atoms with E-state index in [1.165, 1.54) is 5.56 Å². The van der Waals surface area contributed by atoms with Crippen LogP contribution in [-0.4, -0.2) is 23.9 Å². The molecule has 0 aromatic heterocycles. The second-order valence-corrected chi connectivity index (χ2v) is 4.78. The molecule has 1 aromatic carbocycles. The fraction of sp³-hybridized carbons (Fsp3) is 0.600. The van der Waals surface area contributed by atoms with Crippen LogP contribution in [0.1, 0.15) is 45.1 Å². The standard InChI is InChI=1S/C15H25NO2/c1-4-14(16)15(17)10-11(3)12-6-8-13(9-7-12)18-5-2/h6-9,11,14-15,17H,4-5,10,16H2,1-3H3. The van der Waals surface area contributed by atoms with Gasteiger partial charge in [0.15, 0.2) is 0 Å². The Morgan fingerprint density at radius 1 is 1.22 bits per heavy atom. The smallest absolute Gasteiger partial charge is 0.119 e. The molecular weight excluding hydrogens is 226 g/mol. The predicted molar refractivity (Wildman–Crippen MR) is 74.9 cm³/mol. The number of aliphatic hydroxyl groups is 1. The third kappa shape index (κ3) is 4.31. The first kappa shape index (κ1) is 15.0. The third-order valence-corrected chi connectivity index (χ3v) is 3.32. The summed E-state index contributed by atoms with van der Waals surface area (Å²) < 4.78 is 5.41. The lowest BCUT2D eigenvalue weighted by atomic mass is 9.92. The Bertz CT molecular complexity index is 337. The molecule has 0 bridgehead atoms. The molecule has 3 heteroatoms. The summed E-state index contributed by atoms with van der Waals surface area (Å²) in [5.41, 5.74) is 7.05. The second kappa shape index (κ2) is 7.39. The molecule has 3 atom stereocenters. The summed E-state index contributed by atoms with van der Waals surface area (Å²) in [7, 11) is 0. The van der Waals surface area contributed by atoms with Crippen molar-refractivity contribution in [3.63, 3.8) is 0 Å². The lowest BCUT2D eigenvalue weighted by Gasteiger charge is -2.21. The van der Waals surface area contributed by atoms with E-state index in [0.29, 0.717) is 18.9 Å². The topological polar surface area (TPSA) is 55.5 Å². The highest BCUT2D eigenvalue weighted by atomic mass is 16.5. The quantitative estimate of drug-likeness (QED) is 0.783. The number of ether oxygens (including phenoxy) is 1. The minimum absolute atomic E-state index is 0.129. The summed E-state index contributed by atoms with van der Waals surface area (Å²) in [6, 6.07) is 7.93. The molecule has 0 radical (unpaired) electrons. The van der Waals surface area contributed by atoms with Crippen molar-refractivity contribution in [2.45, 2.75) is 51.7 Å². The van der Waals surface area contributed by atoms with Crippen molar-refractivity contribution in [2.24, 2.45) is 5.73 Å². The first-order chi connectivity index (χ1) is 8.58. The second-order valence-electron chi connectivity index (χ2n) is 4.78. The van der Waals surface area contributed by atoms with Gasteiger partial charge >= 0.3 is 0 Å². The van der Waals surface area contributed by atoms with Crippen molar-refractivity contribution in [1.29, 1.82) is 0 Å². The Hall–Kier alpha value is -1.06. The Labute approximate surface area is 110 Å². The van der Waals surface area contributed by atoms with Gasteiger partial charge in [0.25, 0.3) is 0 Å². The molecule has 0 spiro atoms. The Morgan fingerprint density at radius 3 is 2.33 bits per heavy atom. The zero-order chi connectivity index (χ0) is 13.5. The predicted octanol–water partition coefficient (Wildman–Crippen LogP) is 2.68. The molecular formula is C15H25NO2. The summed E-state index contributed by atoms with van der Waals surface area (Å²) in [6.07, 6.45) is 1.07. The molecule has 18 heavy (non-hydrogen) atoms. The van der Waals surface area contributed by atoms with Crippen molar-refractivity contribution in [2.75, 3.05) is 6.61 Å². The van der Waals surface area contributed by atoms with Crippen molar-refractivity contribution in [3.05, 3.63) is 29.8 Å². The van der Waals surface area contributed by atoms with Gasteiger partial charge in [-0.2, -0.15) is 0 Å². The van der Waals surface area contributed by atoms with E-state index in [4.69, 9.17) is 10.5 Å². The molecule has 0 saturated heterocycles. The van der Waals surface area contributed by atoms with E-state index in [1.807, 2.05) is 26.0 Å². The van der Waals surface area contributed by atoms with Crippen LogP contribution in [0.4, 0.5) is 0 Å². The van der Waals surface area contributed by atoms with Gasteiger partial charge < -0.3 is 15.6 Å². The minimum Gasteiger partial charge on any atom is -0.494 e. The lowest BCUT2D eigenvalue weighted by Crippen LogP contribution is -2.34. The van der Waals surface area contributed by atoms with Crippen LogP contribution in [0.5, 0.6) is 5.75 Å². The fourth-order valence-electron chi connectivity index (χ4n) is 2.00. The summed E-state index contributed by atoms with van der Waals surface area (Å²) in [4.78, 5) is 0. The number of nitrogens with two attached hydrogens (primary N) is 1. The van der Waals surface area contributed by atoms with Crippen molar-refractivity contribution in [1.82, 2.24) is 0 Å². The van der Waals surface area contributed by atoms with Crippen LogP contribution in [0.2, 0.25) is 0 Å². The molecule has 102 valence electrons. The van der Waals surface area contributed by atoms with Crippen LogP contribution < -0.4 is 10.5 Å². The van der Waals surface area contributed by atoms with Gasteiger partial charge in [-0.25, -0.2) is 0 Å². The summed E-state index contributed by atoms with van der Waals surface area (Å²) in [6.45, 7) is 6.76. The van der Waals surface area contributed by atoms with Crippen LogP contribution in [0.25, 0.3) is 0 Å². The van der Waals surface area contributed by atoms with Crippen LogP contribution in [0.15, 0.2) is 24.3 Å². The molecule has 1 aromatic rings. The molecule has 0 aliphatic rings. The van der Waals surface area contributed by atoms with Gasteiger partial charge in [-0.05, 0) is 43.4 Å². The normalized spacial score (nSPS) is 16.1. The number of rotatable bonds is 7. The molecule has 3 N–H and O–H groups in total. The first-order valence-electron chi connectivity index (χ1n) is 6.74. The van der Waals surface area contributed by atoms with E-state index in [0.717, 1.165) is 12.2 Å². The van der Waals surface area contributed by atoms with Crippen LogP contribution >= 0.6 is 0 Å². The molecule has 0 aliphatic heterocycles. The highest BCUT2D eigenvalue weighted by Crippen LogP contribution is 2.24. The van der Waals surface area contributed by atoms with Gasteiger partial charge in [0.2, 0.25) is 0 Å². The summed E-state index contributed by atoms with van der Waals surface area (Å²) in [5, 5.41) is 9.94. The van der Waals surface area contributed by atoms with E-state index >= 15 is 0 Å². The van der Waals surface area contributed by atoms with Crippen molar-refractivity contribution >= 4 is 0 Å².